The highest BCUT2D eigenvalue weighted by Gasteiger charge is 2.02. The molecular formula is C16H15NO. The van der Waals surface area contributed by atoms with Crippen LogP contribution in [0.25, 0.3) is 10.8 Å². The summed E-state index contributed by atoms with van der Waals surface area (Å²) in [5, 5.41) is 19.8. The lowest BCUT2D eigenvalue weighted by atomic mass is 10.0. The van der Waals surface area contributed by atoms with Crippen molar-refractivity contribution in [2.45, 2.75) is 20.8 Å². The van der Waals surface area contributed by atoms with E-state index in [1.165, 1.54) is 0 Å². The Morgan fingerprint density at radius 2 is 1.83 bits per heavy atom. The van der Waals surface area contributed by atoms with E-state index in [9.17, 15) is 5.11 Å². The third-order valence-electron chi connectivity index (χ3n) is 2.53. The quantitative estimate of drug-likeness (QED) is 0.709. The van der Waals surface area contributed by atoms with Crippen LogP contribution in [0.2, 0.25) is 0 Å². The van der Waals surface area contributed by atoms with Crippen molar-refractivity contribution >= 4 is 10.8 Å². The first-order valence-corrected chi connectivity index (χ1v) is 5.85. The molecule has 2 heteroatoms. The molecule has 2 aromatic carbocycles. The molecule has 0 aromatic heterocycles. The van der Waals surface area contributed by atoms with Crippen LogP contribution in [0.1, 0.15) is 25.0 Å². The number of hydrogen-bond acceptors (Lipinski definition) is 2. The van der Waals surface area contributed by atoms with Gasteiger partial charge in [0.1, 0.15) is 5.75 Å². The van der Waals surface area contributed by atoms with E-state index in [1.807, 2.05) is 39.0 Å². The summed E-state index contributed by atoms with van der Waals surface area (Å²) >= 11 is 0. The van der Waals surface area contributed by atoms with Crippen LogP contribution < -0.4 is 0 Å². The standard InChI is InChI=1S/C14H9NO.C2H6/c1-10-11(3-2-8-15)4-5-12-9-13(16)6-7-14(10)12;1-2/h4-7,9,16H,1H3;1-2H3. The second-order valence-corrected chi connectivity index (χ2v) is 3.51. The van der Waals surface area contributed by atoms with Gasteiger partial charge in [-0.2, -0.15) is 5.26 Å². The monoisotopic (exact) mass is 237 g/mol. The zero-order valence-corrected chi connectivity index (χ0v) is 10.8. The van der Waals surface area contributed by atoms with Crippen LogP contribution in [-0.4, -0.2) is 5.11 Å². The van der Waals surface area contributed by atoms with Gasteiger partial charge in [0.2, 0.25) is 0 Å². The third-order valence-corrected chi connectivity index (χ3v) is 2.53. The van der Waals surface area contributed by atoms with Crippen molar-refractivity contribution in [3.63, 3.8) is 0 Å². The molecule has 0 aliphatic rings. The molecule has 0 fully saturated rings. The molecule has 2 aromatic rings. The van der Waals surface area contributed by atoms with Gasteiger partial charge < -0.3 is 5.11 Å². The predicted molar refractivity (Wildman–Crippen MR) is 74.2 cm³/mol. The van der Waals surface area contributed by atoms with Crippen molar-refractivity contribution in [1.82, 2.24) is 0 Å². The molecule has 0 bridgehead atoms. The third kappa shape index (κ3) is 2.81. The Labute approximate surface area is 107 Å². The maximum atomic E-state index is 9.36. The molecule has 0 radical (unpaired) electrons. The Morgan fingerprint density at radius 3 is 2.50 bits per heavy atom. The minimum Gasteiger partial charge on any atom is -0.508 e. The Kier molecular flexibility index (Phi) is 4.78. The van der Waals surface area contributed by atoms with Crippen molar-refractivity contribution in [2.24, 2.45) is 0 Å². The first-order valence-electron chi connectivity index (χ1n) is 5.85. The second kappa shape index (κ2) is 6.33. The number of benzene rings is 2. The van der Waals surface area contributed by atoms with Gasteiger partial charge in [-0.25, -0.2) is 0 Å². The number of fused-ring (bicyclic) bond motifs is 1. The molecule has 0 saturated carbocycles. The number of phenolic OH excluding ortho intramolecular Hbond substituents is 1. The molecule has 0 saturated heterocycles. The number of hydrogen-bond donors (Lipinski definition) is 1. The van der Waals surface area contributed by atoms with Crippen molar-refractivity contribution in [3.8, 4) is 23.7 Å². The Balaban J connectivity index is 0.000000771. The molecule has 0 unspecified atom stereocenters. The Bertz CT molecular complexity index is 654. The van der Waals surface area contributed by atoms with Gasteiger partial charge in [0.15, 0.2) is 6.07 Å². The first-order chi connectivity index (χ1) is 8.72. The van der Waals surface area contributed by atoms with Gasteiger partial charge >= 0.3 is 0 Å². The van der Waals surface area contributed by atoms with E-state index in [4.69, 9.17) is 5.26 Å². The van der Waals surface area contributed by atoms with Gasteiger partial charge in [0.25, 0.3) is 0 Å². The molecule has 18 heavy (non-hydrogen) atoms. The lowest BCUT2D eigenvalue weighted by Gasteiger charge is -2.04. The van der Waals surface area contributed by atoms with E-state index >= 15 is 0 Å². The fourth-order valence-corrected chi connectivity index (χ4v) is 1.70. The average Bonchev–Trinajstić information content (AvgIpc) is 2.40. The zero-order chi connectivity index (χ0) is 13.5. The number of rotatable bonds is 0. The summed E-state index contributed by atoms with van der Waals surface area (Å²) < 4.78 is 0. The number of phenols is 1. The minimum absolute atomic E-state index is 0.253. The van der Waals surface area contributed by atoms with Gasteiger partial charge in [0.05, 0.1) is 0 Å². The smallest absolute Gasteiger partial charge is 0.152 e. The maximum absolute atomic E-state index is 9.36. The summed E-state index contributed by atoms with van der Waals surface area (Å²) in [5.74, 6) is 5.44. The molecule has 0 heterocycles. The summed E-state index contributed by atoms with van der Waals surface area (Å²) in [6.45, 7) is 5.96. The summed E-state index contributed by atoms with van der Waals surface area (Å²) in [5.41, 5.74) is 1.87. The zero-order valence-electron chi connectivity index (χ0n) is 10.8. The molecular weight excluding hydrogens is 222 g/mol. The fraction of sp³-hybridized carbons (Fsp3) is 0.188. The highest BCUT2D eigenvalue weighted by atomic mass is 16.3. The molecule has 90 valence electrons. The van der Waals surface area contributed by atoms with Crippen molar-refractivity contribution in [2.75, 3.05) is 0 Å². The van der Waals surface area contributed by atoms with Gasteiger partial charge in [-0.05, 0) is 41.5 Å². The molecule has 0 aliphatic heterocycles. The highest BCUT2D eigenvalue weighted by molar-refractivity contribution is 5.88. The predicted octanol–water partition coefficient (Wildman–Crippen LogP) is 3.76. The van der Waals surface area contributed by atoms with E-state index in [0.717, 1.165) is 21.9 Å². The normalized spacial score (nSPS) is 8.56. The van der Waals surface area contributed by atoms with Gasteiger partial charge in [-0.15, -0.1) is 0 Å². The molecule has 0 spiro atoms. The van der Waals surface area contributed by atoms with E-state index in [1.54, 1.807) is 18.2 Å². The number of aryl methyl sites for hydroxylation is 1. The Morgan fingerprint density at radius 1 is 1.11 bits per heavy atom. The topological polar surface area (TPSA) is 44.0 Å². The summed E-state index contributed by atoms with van der Waals surface area (Å²) in [4.78, 5) is 0. The number of nitrogens with zero attached hydrogens (tertiary/aromatic N) is 1. The Hall–Kier alpha value is -2.45. The molecule has 0 aliphatic carbocycles. The van der Waals surface area contributed by atoms with Crippen molar-refractivity contribution < 1.29 is 5.11 Å². The number of nitriles is 1. The summed E-state index contributed by atoms with van der Waals surface area (Å²) in [6, 6.07) is 10.8. The largest absolute Gasteiger partial charge is 0.508 e. The van der Waals surface area contributed by atoms with Crippen LogP contribution in [0, 0.1) is 30.1 Å². The molecule has 1 N–H and O–H groups in total. The van der Waals surface area contributed by atoms with Crippen molar-refractivity contribution in [3.05, 3.63) is 41.5 Å². The summed E-state index contributed by atoms with van der Waals surface area (Å²) in [7, 11) is 0. The SMILES string of the molecule is CC.Cc1c(C#CC#N)ccc2cc(O)ccc12. The lowest BCUT2D eigenvalue weighted by Crippen LogP contribution is -1.84. The molecule has 2 rings (SSSR count). The molecule has 2 nitrogen and oxygen atoms in total. The summed E-state index contributed by atoms with van der Waals surface area (Å²) in [6.07, 6.45) is 0. The highest BCUT2D eigenvalue weighted by Crippen LogP contribution is 2.24. The average molecular weight is 237 g/mol. The van der Waals surface area contributed by atoms with Crippen LogP contribution in [0.3, 0.4) is 0 Å². The van der Waals surface area contributed by atoms with Crippen LogP contribution in [-0.2, 0) is 0 Å². The van der Waals surface area contributed by atoms with Gasteiger partial charge in [0, 0.05) is 11.5 Å². The minimum atomic E-state index is 0.253. The van der Waals surface area contributed by atoms with E-state index in [-0.39, 0.29) is 5.75 Å². The first kappa shape index (κ1) is 13.6. The lowest BCUT2D eigenvalue weighted by molar-refractivity contribution is 0.476. The van der Waals surface area contributed by atoms with E-state index in [0.29, 0.717) is 0 Å². The van der Waals surface area contributed by atoms with Crippen LogP contribution in [0.4, 0.5) is 0 Å². The van der Waals surface area contributed by atoms with Crippen LogP contribution in [0.5, 0.6) is 5.75 Å². The molecule has 0 atom stereocenters. The second-order valence-electron chi connectivity index (χ2n) is 3.51. The number of aromatic hydroxyl groups is 1. The maximum Gasteiger partial charge on any atom is 0.152 e. The van der Waals surface area contributed by atoms with Crippen LogP contribution in [0.15, 0.2) is 30.3 Å². The van der Waals surface area contributed by atoms with Crippen LogP contribution >= 0.6 is 0 Å². The van der Waals surface area contributed by atoms with Gasteiger partial charge in [-0.3, -0.25) is 0 Å². The van der Waals surface area contributed by atoms with Gasteiger partial charge in [-0.1, -0.05) is 31.9 Å². The fourth-order valence-electron chi connectivity index (χ4n) is 1.70. The van der Waals surface area contributed by atoms with E-state index < -0.39 is 0 Å². The van der Waals surface area contributed by atoms with E-state index in [2.05, 4.69) is 11.8 Å². The van der Waals surface area contributed by atoms with Crippen molar-refractivity contribution in [1.29, 1.82) is 5.26 Å². The molecule has 0 amide bonds.